The van der Waals surface area contributed by atoms with Crippen LogP contribution in [0, 0.1) is 0 Å². The predicted octanol–water partition coefficient (Wildman–Crippen LogP) is 6.22. The topological polar surface area (TPSA) is 88.4 Å². The molecule has 7 heteroatoms. The lowest BCUT2D eigenvalue weighted by Gasteiger charge is -2.08. The quantitative estimate of drug-likeness (QED) is 0.274. The Hall–Kier alpha value is -4.03. The van der Waals surface area contributed by atoms with Crippen LogP contribution in [-0.2, 0) is 6.42 Å². The fourth-order valence-corrected chi connectivity index (χ4v) is 3.99. The maximum absolute atomic E-state index is 12.9. The number of benzene rings is 3. The lowest BCUT2D eigenvalue weighted by molar-refractivity contribution is 0.310. The van der Waals surface area contributed by atoms with Crippen molar-refractivity contribution in [3.05, 3.63) is 100 Å². The third-order valence-electron chi connectivity index (χ3n) is 5.64. The van der Waals surface area contributed by atoms with E-state index in [1.165, 1.54) is 18.4 Å². The van der Waals surface area contributed by atoms with E-state index >= 15 is 0 Å². The Morgan fingerprint density at radius 2 is 1.71 bits per heavy atom. The number of rotatable bonds is 7. The van der Waals surface area contributed by atoms with Crippen molar-refractivity contribution in [2.75, 3.05) is 6.61 Å². The molecule has 0 amide bonds. The summed E-state index contributed by atoms with van der Waals surface area (Å²) in [7, 11) is 0. The lowest BCUT2D eigenvalue weighted by Crippen LogP contribution is -2.05. The van der Waals surface area contributed by atoms with E-state index in [-0.39, 0.29) is 11.2 Å². The van der Waals surface area contributed by atoms with Crippen LogP contribution in [0.15, 0.2) is 88.4 Å². The van der Waals surface area contributed by atoms with Crippen molar-refractivity contribution in [1.29, 1.82) is 0 Å². The summed E-state index contributed by atoms with van der Waals surface area (Å²) in [4.78, 5) is 12.9. The Labute approximate surface area is 200 Å². The van der Waals surface area contributed by atoms with Gasteiger partial charge in [-0.15, -0.1) is 0 Å². The number of halogens is 1. The second kappa shape index (κ2) is 9.45. The second-order valence-electron chi connectivity index (χ2n) is 7.90. The molecule has 0 fully saturated rings. The van der Waals surface area contributed by atoms with Gasteiger partial charge in [-0.1, -0.05) is 35.9 Å². The summed E-state index contributed by atoms with van der Waals surface area (Å²) in [6, 6.07) is 19.3. The van der Waals surface area contributed by atoms with Crippen LogP contribution in [-0.4, -0.2) is 21.9 Å². The van der Waals surface area contributed by atoms with Crippen molar-refractivity contribution in [2.24, 2.45) is 0 Å². The third-order valence-corrected chi connectivity index (χ3v) is 5.89. The zero-order valence-electron chi connectivity index (χ0n) is 18.1. The molecule has 0 unspecified atom stereocenters. The van der Waals surface area contributed by atoms with Crippen LogP contribution in [0.25, 0.3) is 33.2 Å². The summed E-state index contributed by atoms with van der Waals surface area (Å²) in [5.74, 6) is 0.778. The standard InChI is InChI=1S/C27H21ClN2O4/c28-19-7-3-17(4-8-19)23-15-29-30-25(23)2-1-13-33-21-11-12-22-26(14-21)34-16-24(27(22)32)18-5-9-20(31)10-6-18/h3-12,14-16,31H,1-2,13H2,(H,29,30). The van der Waals surface area contributed by atoms with Gasteiger partial charge in [0.25, 0.3) is 0 Å². The van der Waals surface area contributed by atoms with Crippen LogP contribution in [0.4, 0.5) is 0 Å². The minimum Gasteiger partial charge on any atom is -0.508 e. The number of H-pyrrole nitrogens is 1. The van der Waals surface area contributed by atoms with Gasteiger partial charge in [-0.2, -0.15) is 5.10 Å². The molecule has 5 rings (SSSR count). The Morgan fingerprint density at radius 1 is 0.971 bits per heavy atom. The van der Waals surface area contributed by atoms with Crippen LogP contribution in [0.2, 0.25) is 5.02 Å². The number of aryl methyl sites for hydroxylation is 1. The highest BCUT2D eigenvalue weighted by Gasteiger charge is 2.11. The summed E-state index contributed by atoms with van der Waals surface area (Å²) in [6.07, 6.45) is 4.82. The molecule has 34 heavy (non-hydrogen) atoms. The number of aromatic amines is 1. The molecule has 0 aliphatic rings. The Morgan fingerprint density at radius 3 is 2.50 bits per heavy atom. The molecule has 0 atom stereocenters. The minimum atomic E-state index is -0.132. The molecule has 6 nitrogen and oxygen atoms in total. The number of hydrogen-bond donors (Lipinski definition) is 2. The van der Waals surface area contributed by atoms with Gasteiger partial charge in [0.05, 0.1) is 23.8 Å². The summed E-state index contributed by atoms with van der Waals surface area (Å²) in [5, 5.41) is 17.9. The average molecular weight is 473 g/mol. The van der Waals surface area contributed by atoms with Crippen molar-refractivity contribution >= 4 is 22.6 Å². The molecule has 0 saturated carbocycles. The number of phenols is 1. The molecule has 0 radical (unpaired) electrons. The van der Waals surface area contributed by atoms with Crippen LogP contribution in [0.3, 0.4) is 0 Å². The van der Waals surface area contributed by atoms with E-state index in [1.807, 2.05) is 30.5 Å². The summed E-state index contributed by atoms with van der Waals surface area (Å²) < 4.78 is 11.6. The third kappa shape index (κ3) is 4.54. The van der Waals surface area contributed by atoms with Gasteiger partial charge in [0, 0.05) is 22.3 Å². The molecule has 0 bridgehead atoms. The molecule has 2 N–H and O–H groups in total. The van der Waals surface area contributed by atoms with Crippen molar-refractivity contribution in [3.8, 4) is 33.8 Å². The van der Waals surface area contributed by atoms with Crippen molar-refractivity contribution < 1.29 is 14.3 Å². The first kappa shape index (κ1) is 21.8. The Kier molecular flexibility index (Phi) is 6.06. The molecular weight excluding hydrogens is 452 g/mol. The first-order chi connectivity index (χ1) is 16.6. The number of fused-ring (bicyclic) bond motifs is 1. The van der Waals surface area contributed by atoms with E-state index in [2.05, 4.69) is 10.2 Å². The molecule has 0 spiro atoms. The van der Waals surface area contributed by atoms with E-state index in [0.717, 1.165) is 29.7 Å². The smallest absolute Gasteiger partial charge is 0.200 e. The largest absolute Gasteiger partial charge is 0.508 e. The van der Waals surface area contributed by atoms with Gasteiger partial charge >= 0.3 is 0 Å². The molecule has 0 saturated heterocycles. The van der Waals surface area contributed by atoms with E-state index < -0.39 is 0 Å². The fraction of sp³-hybridized carbons (Fsp3) is 0.111. The Bertz CT molecular complexity index is 1490. The molecule has 2 heterocycles. The van der Waals surface area contributed by atoms with E-state index in [1.54, 1.807) is 30.3 Å². The van der Waals surface area contributed by atoms with Crippen LogP contribution in [0.5, 0.6) is 11.5 Å². The predicted molar refractivity (Wildman–Crippen MR) is 132 cm³/mol. The molecule has 0 aliphatic heterocycles. The maximum atomic E-state index is 12.9. The van der Waals surface area contributed by atoms with Gasteiger partial charge in [-0.25, -0.2) is 0 Å². The number of nitrogens with zero attached hydrogens (tertiary/aromatic N) is 1. The number of hydrogen-bond acceptors (Lipinski definition) is 5. The molecule has 3 aromatic carbocycles. The van der Waals surface area contributed by atoms with Gasteiger partial charge < -0.3 is 14.3 Å². The molecule has 0 aliphatic carbocycles. The van der Waals surface area contributed by atoms with Gasteiger partial charge in [0.15, 0.2) is 5.43 Å². The number of phenolic OH excluding ortho intramolecular Hbond substituents is 1. The van der Waals surface area contributed by atoms with Gasteiger partial charge in [-0.05, 0) is 60.4 Å². The average Bonchev–Trinajstić information content (AvgIpc) is 3.32. The Balaban J connectivity index is 1.24. The second-order valence-corrected chi connectivity index (χ2v) is 8.34. The van der Waals surface area contributed by atoms with E-state index in [4.69, 9.17) is 20.8 Å². The fourth-order valence-electron chi connectivity index (χ4n) is 3.86. The van der Waals surface area contributed by atoms with E-state index in [0.29, 0.717) is 39.5 Å². The summed E-state index contributed by atoms with van der Waals surface area (Å²) >= 11 is 5.99. The highest BCUT2D eigenvalue weighted by atomic mass is 35.5. The number of aromatic hydroxyl groups is 1. The van der Waals surface area contributed by atoms with Crippen LogP contribution < -0.4 is 10.2 Å². The molecule has 5 aromatic rings. The highest BCUT2D eigenvalue weighted by Crippen LogP contribution is 2.26. The zero-order valence-corrected chi connectivity index (χ0v) is 18.9. The number of aromatic nitrogens is 2. The van der Waals surface area contributed by atoms with Crippen molar-refractivity contribution in [3.63, 3.8) is 0 Å². The first-order valence-corrected chi connectivity index (χ1v) is 11.2. The zero-order chi connectivity index (χ0) is 23.5. The van der Waals surface area contributed by atoms with Crippen LogP contribution in [0.1, 0.15) is 12.1 Å². The first-order valence-electron chi connectivity index (χ1n) is 10.8. The van der Waals surface area contributed by atoms with Gasteiger partial charge in [0.1, 0.15) is 23.3 Å². The molecule has 2 aromatic heterocycles. The SMILES string of the molecule is O=c1c(-c2ccc(O)cc2)coc2cc(OCCCc3[nH]ncc3-c3ccc(Cl)cc3)ccc12. The number of ether oxygens (including phenoxy) is 1. The van der Waals surface area contributed by atoms with Gasteiger partial charge in [-0.3, -0.25) is 9.89 Å². The van der Waals surface area contributed by atoms with E-state index in [9.17, 15) is 9.90 Å². The van der Waals surface area contributed by atoms with Crippen molar-refractivity contribution in [2.45, 2.75) is 12.8 Å². The monoisotopic (exact) mass is 472 g/mol. The maximum Gasteiger partial charge on any atom is 0.200 e. The lowest BCUT2D eigenvalue weighted by atomic mass is 10.0. The normalized spacial score (nSPS) is 11.1. The minimum absolute atomic E-state index is 0.132. The van der Waals surface area contributed by atoms with Gasteiger partial charge in [0.2, 0.25) is 0 Å². The summed E-state index contributed by atoms with van der Waals surface area (Å²) in [6.45, 7) is 0.500. The van der Waals surface area contributed by atoms with Crippen molar-refractivity contribution in [1.82, 2.24) is 10.2 Å². The number of nitrogens with one attached hydrogen (secondary N) is 1. The summed E-state index contributed by atoms with van der Waals surface area (Å²) in [5.41, 5.74) is 4.61. The highest BCUT2D eigenvalue weighted by molar-refractivity contribution is 6.30. The van der Waals surface area contributed by atoms with Crippen LogP contribution >= 0.6 is 11.6 Å². The molecular formula is C27H21ClN2O4. The molecule has 170 valence electrons.